The van der Waals surface area contributed by atoms with E-state index < -0.39 is 0 Å². The predicted molar refractivity (Wildman–Crippen MR) is 45.7 cm³/mol. The van der Waals surface area contributed by atoms with Crippen molar-refractivity contribution in [1.29, 1.82) is 0 Å². The molecule has 11 heavy (non-hydrogen) atoms. The molecule has 1 saturated carbocycles. The Bertz CT molecular complexity index is 169. The smallest absolute Gasteiger partial charge is 0.162 e. The van der Waals surface area contributed by atoms with Gasteiger partial charge >= 0.3 is 0 Å². The lowest BCUT2D eigenvalue weighted by Gasteiger charge is -2.35. The largest absolute Gasteiger partial charge is 0.350 e. The van der Waals surface area contributed by atoms with Crippen LogP contribution >= 0.6 is 15.9 Å². The molecule has 1 heterocycles. The van der Waals surface area contributed by atoms with Crippen LogP contribution in [0.5, 0.6) is 0 Å². The molecule has 2 aliphatic rings. The number of alkyl halides is 1. The average Bonchev–Trinajstić information content (AvgIpc) is 2.54. The molecule has 0 amide bonds. The highest BCUT2D eigenvalue weighted by atomic mass is 79.9. The first kappa shape index (κ1) is 8.02. The Kier molecular flexibility index (Phi) is 1.61. The van der Waals surface area contributed by atoms with Gasteiger partial charge in [0, 0.05) is 10.2 Å². The van der Waals surface area contributed by atoms with Gasteiger partial charge in [-0.05, 0) is 20.3 Å². The van der Waals surface area contributed by atoms with Crippen LogP contribution in [0.3, 0.4) is 0 Å². The number of ether oxygens (including phenoxy) is 2. The highest BCUT2D eigenvalue weighted by Gasteiger charge is 2.56. The van der Waals surface area contributed by atoms with Crippen LogP contribution < -0.4 is 0 Å². The van der Waals surface area contributed by atoms with Gasteiger partial charge in [0.25, 0.3) is 0 Å². The van der Waals surface area contributed by atoms with Gasteiger partial charge in [0.05, 0.1) is 13.2 Å². The Morgan fingerprint density at radius 1 is 1.27 bits per heavy atom. The quantitative estimate of drug-likeness (QED) is 0.582. The molecule has 64 valence electrons. The molecule has 1 saturated heterocycles. The van der Waals surface area contributed by atoms with Gasteiger partial charge in [0.2, 0.25) is 0 Å². The van der Waals surface area contributed by atoms with E-state index in [-0.39, 0.29) is 5.79 Å². The van der Waals surface area contributed by atoms with E-state index >= 15 is 0 Å². The summed E-state index contributed by atoms with van der Waals surface area (Å²) in [5.74, 6) is -0.361. The van der Waals surface area contributed by atoms with E-state index in [9.17, 15) is 0 Å². The fraction of sp³-hybridized carbons (Fsp3) is 1.00. The van der Waals surface area contributed by atoms with Gasteiger partial charge < -0.3 is 9.47 Å². The van der Waals surface area contributed by atoms with Crippen LogP contribution in [0.4, 0.5) is 0 Å². The summed E-state index contributed by atoms with van der Waals surface area (Å²) in [6.45, 7) is 5.61. The molecule has 2 rings (SSSR count). The van der Waals surface area contributed by atoms with Crippen LogP contribution in [0.1, 0.15) is 20.3 Å². The molecule has 1 aliphatic carbocycles. The zero-order valence-corrected chi connectivity index (χ0v) is 8.48. The molecule has 1 spiro atoms. The van der Waals surface area contributed by atoms with Gasteiger partial charge in [-0.3, -0.25) is 0 Å². The molecule has 0 aromatic carbocycles. The fourth-order valence-corrected chi connectivity index (χ4v) is 2.22. The van der Waals surface area contributed by atoms with Crippen molar-refractivity contribution >= 4 is 15.9 Å². The van der Waals surface area contributed by atoms with E-state index in [0.717, 1.165) is 13.2 Å². The summed E-state index contributed by atoms with van der Waals surface area (Å²) in [4.78, 5) is 0.617. The van der Waals surface area contributed by atoms with E-state index in [0.29, 0.717) is 10.2 Å². The summed E-state index contributed by atoms with van der Waals surface area (Å²) in [7, 11) is 0. The predicted octanol–water partition coefficient (Wildman–Crippen LogP) is 1.92. The molecular formula is C8H13BrO2. The zero-order chi connectivity index (χ0) is 8.11. The molecule has 0 radical (unpaired) electrons. The molecule has 2 nitrogen and oxygen atoms in total. The third kappa shape index (κ3) is 1.34. The van der Waals surface area contributed by atoms with Crippen molar-refractivity contribution < 1.29 is 9.47 Å². The number of rotatable bonds is 0. The molecule has 1 aliphatic heterocycles. The van der Waals surface area contributed by atoms with Crippen molar-refractivity contribution in [3.8, 4) is 0 Å². The standard InChI is InChI=1S/C8H13BrO2/c1-7(2)10-4-8(5-11-7)3-6(8)9/h6H,3-5H2,1-2H3. The minimum atomic E-state index is -0.361. The van der Waals surface area contributed by atoms with Gasteiger partial charge in [-0.25, -0.2) is 0 Å². The van der Waals surface area contributed by atoms with Crippen LogP contribution in [0, 0.1) is 5.41 Å². The maximum atomic E-state index is 5.56. The highest BCUT2D eigenvalue weighted by molar-refractivity contribution is 9.09. The highest BCUT2D eigenvalue weighted by Crippen LogP contribution is 2.54. The lowest BCUT2D eigenvalue weighted by molar-refractivity contribution is -0.267. The molecule has 1 atom stereocenters. The minimum Gasteiger partial charge on any atom is -0.350 e. The van der Waals surface area contributed by atoms with Crippen LogP contribution in [0.15, 0.2) is 0 Å². The van der Waals surface area contributed by atoms with Crippen LogP contribution in [-0.2, 0) is 9.47 Å². The van der Waals surface area contributed by atoms with E-state index in [2.05, 4.69) is 15.9 Å². The van der Waals surface area contributed by atoms with Crippen LogP contribution in [0.25, 0.3) is 0 Å². The third-order valence-electron chi connectivity index (χ3n) is 2.50. The Morgan fingerprint density at radius 3 is 2.09 bits per heavy atom. The number of halogens is 1. The Hall–Kier alpha value is 0.400. The molecule has 0 N–H and O–H groups in total. The maximum Gasteiger partial charge on any atom is 0.162 e. The molecule has 2 fully saturated rings. The molecule has 0 aromatic rings. The lowest BCUT2D eigenvalue weighted by Crippen LogP contribution is -2.41. The van der Waals surface area contributed by atoms with Crippen LogP contribution in [0.2, 0.25) is 0 Å². The monoisotopic (exact) mass is 220 g/mol. The summed E-state index contributed by atoms with van der Waals surface area (Å²) in [5.41, 5.74) is 0.315. The van der Waals surface area contributed by atoms with Gasteiger partial charge in [0.15, 0.2) is 5.79 Å². The summed E-state index contributed by atoms with van der Waals surface area (Å²) in [5, 5.41) is 0. The molecule has 0 bridgehead atoms. The van der Waals surface area contributed by atoms with Crippen LogP contribution in [-0.4, -0.2) is 23.8 Å². The summed E-state index contributed by atoms with van der Waals surface area (Å²) < 4.78 is 11.1. The van der Waals surface area contributed by atoms with Gasteiger partial charge in [-0.15, -0.1) is 0 Å². The van der Waals surface area contributed by atoms with Gasteiger partial charge in [-0.1, -0.05) is 15.9 Å². The number of hydrogen-bond donors (Lipinski definition) is 0. The normalized spacial score (nSPS) is 39.0. The van der Waals surface area contributed by atoms with Gasteiger partial charge in [0.1, 0.15) is 0 Å². The van der Waals surface area contributed by atoms with Crippen molar-refractivity contribution in [1.82, 2.24) is 0 Å². The summed E-state index contributed by atoms with van der Waals surface area (Å²) in [6.07, 6.45) is 1.20. The van der Waals surface area contributed by atoms with E-state index in [1.165, 1.54) is 6.42 Å². The van der Waals surface area contributed by atoms with Crippen molar-refractivity contribution in [2.75, 3.05) is 13.2 Å². The Labute approximate surface area is 75.4 Å². The van der Waals surface area contributed by atoms with Crippen molar-refractivity contribution in [2.45, 2.75) is 30.9 Å². The number of hydrogen-bond acceptors (Lipinski definition) is 2. The van der Waals surface area contributed by atoms with Crippen molar-refractivity contribution in [3.63, 3.8) is 0 Å². The minimum absolute atomic E-state index is 0.315. The second-order valence-electron chi connectivity index (χ2n) is 4.01. The fourth-order valence-electron chi connectivity index (χ4n) is 1.32. The average molecular weight is 221 g/mol. The topological polar surface area (TPSA) is 18.5 Å². The first-order chi connectivity index (χ1) is 5.04. The molecule has 0 aromatic heterocycles. The van der Waals surface area contributed by atoms with Gasteiger partial charge in [-0.2, -0.15) is 0 Å². The second kappa shape index (κ2) is 2.21. The Morgan fingerprint density at radius 2 is 1.73 bits per heavy atom. The molecular weight excluding hydrogens is 208 g/mol. The molecule has 1 unspecified atom stereocenters. The zero-order valence-electron chi connectivity index (χ0n) is 6.89. The summed E-state index contributed by atoms with van der Waals surface area (Å²) >= 11 is 3.58. The van der Waals surface area contributed by atoms with Crippen molar-refractivity contribution in [2.24, 2.45) is 5.41 Å². The third-order valence-corrected chi connectivity index (χ3v) is 3.80. The second-order valence-corrected chi connectivity index (χ2v) is 5.12. The van der Waals surface area contributed by atoms with E-state index in [1.54, 1.807) is 0 Å². The SMILES string of the molecule is CC1(C)OCC2(CO1)CC2Br. The van der Waals surface area contributed by atoms with E-state index in [1.807, 2.05) is 13.8 Å². The first-order valence-electron chi connectivity index (χ1n) is 3.96. The molecule has 3 heteroatoms. The van der Waals surface area contributed by atoms with E-state index in [4.69, 9.17) is 9.47 Å². The van der Waals surface area contributed by atoms with Crippen molar-refractivity contribution in [3.05, 3.63) is 0 Å². The lowest BCUT2D eigenvalue weighted by atomic mass is 10.1. The first-order valence-corrected chi connectivity index (χ1v) is 4.88. The Balaban J connectivity index is 1.96. The maximum absolute atomic E-state index is 5.56. The summed E-state index contributed by atoms with van der Waals surface area (Å²) in [6, 6.07) is 0.